The van der Waals surface area contributed by atoms with E-state index in [4.69, 9.17) is 9.72 Å². The monoisotopic (exact) mass is 512 g/mol. The van der Waals surface area contributed by atoms with Crippen LogP contribution in [0.5, 0.6) is 6.01 Å². The van der Waals surface area contributed by atoms with E-state index in [0.29, 0.717) is 19.0 Å². The van der Waals surface area contributed by atoms with Crippen LogP contribution in [0, 0.1) is 0 Å². The standard InChI is InChI=1S/C28H30N2O4S.Na/c31-35(32,33)22-14-3-1-2-13-21-34-28-29-26(23-15-7-4-8-16-23)27(24-17-9-5-10-18-24)30(28)25-19-11-6-12-20-25;/h4-12,15-20H,1-3,13-14,21-22H2,(H,31,32,33);/q;+1/p-1. The number of imidazole rings is 1. The van der Waals surface area contributed by atoms with Crippen LogP contribution in [0.3, 0.4) is 0 Å². The van der Waals surface area contributed by atoms with E-state index in [1.54, 1.807) is 0 Å². The Balaban J connectivity index is 0.00000361. The fraction of sp³-hybridized carbons (Fsp3) is 0.250. The number of benzene rings is 3. The molecule has 0 aliphatic heterocycles. The minimum absolute atomic E-state index is 0. The van der Waals surface area contributed by atoms with Crippen molar-refractivity contribution in [1.29, 1.82) is 0 Å². The van der Waals surface area contributed by atoms with E-state index in [9.17, 15) is 13.0 Å². The number of rotatable bonds is 12. The largest absolute Gasteiger partial charge is 1.00 e. The molecular formula is C28H29N2NaO4S. The van der Waals surface area contributed by atoms with E-state index in [0.717, 1.165) is 53.9 Å². The van der Waals surface area contributed by atoms with Gasteiger partial charge in [0, 0.05) is 16.9 Å². The molecule has 0 unspecified atom stereocenters. The molecule has 4 aromatic rings. The molecule has 0 fully saturated rings. The molecule has 0 saturated carbocycles. The van der Waals surface area contributed by atoms with Gasteiger partial charge in [-0.1, -0.05) is 98.1 Å². The average Bonchev–Trinajstić information content (AvgIpc) is 3.26. The second kappa shape index (κ2) is 13.8. The number of unbranched alkanes of at least 4 members (excludes halogenated alkanes) is 4. The Labute approximate surface area is 235 Å². The zero-order chi connectivity index (χ0) is 24.5. The summed E-state index contributed by atoms with van der Waals surface area (Å²) in [5, 5.41) is 0. The Morgan fingerprint density at radius 1 is 0.722 bits per heavy atom. The third-order valence-corrected chi connectivity index (χ3v) is 6.51. The predicted octanol–water partition coefficient (Wildman–Crippen LogP) is 3.08. The van der Waals surface area contributed by atoms with Crippen LogP contribution in [-0.2, 0) is 10.1 Å². The number of ether oxygens (including phenoxy) is 1. The van der Waals surface area contributed by atoms with Crippen molar-refractivity contribution in [1.82, 2.24) is 9.55 Å². The van der Waals surface area contributed by atoms with Crippen LogP contribution in [0.15, 0.2) is 91.0 Å². The molecule has 36 heavy (non-hydrogen) atoms. The van der Waals surface area contributed by atoms with Crippen molar-refractivity contribution < 1.29 is 47.3 Å². The molecule has 0 saturated heterocycles. The van der Waals surface area contributed by atoms with Gasteiger partial charge in [0.25, 0.3) is 0 Å². The van der Waals surface area contributed by atoms with Crippen molar-refractivity contribution in [2.45, 2.75) is 32.1 Å². The molecule has 0 amide bonds. The molecule has 0 spiro atoms. The van der Waals surface area contributed by atoms with Crippen molar-refractivity contribution in [3.63, 3.8) is 0 Å². The smallest absolute Gasteiger partial charge is 0.748 e. The first-order valence-corrected chi connectivity index (χ1v) is 13.5. The van der Waals surface area contributed by atoms with E-state index in [1.807, 2.05) is 66.7 Å². The van der Waals surface area contributed by atoms with E-state index in [2.05, 4.69) is 28.8 Å². The molecule has 6 nitrogen and oxygen atoms in total. The SMILES string of the molecule is O=S(=O)([O-])CCCCCCCOc1nc(-c2ccccc2)c(-c2ccccc2)n1-c1ccccc1.[Na+]. The minimum Gasteiger partial charge on any atom is -0.748 e. The minimum atomic E-state index is -4.12. The number of hydrogen-bond acceptors (Lipinski definition) is 5. The van der Waals surface area contributed by atoms with E-state index < -0.39 is 10.1 Å². The first-order valence-electron chi connectivity index (χ1n) is 11.9. The molecule has 0 radical (unpaired) electrons. The molecule has 0 bridgehead atoms. The van der Waals surface area contributed by atoms with Gasteiger partial charge in [-0.05, 0) is 25.0 Å². The summed E-state index contributed by atoms with van der Waals surface area (Å²) in [4.78, 5) is 4.95. The summed E-state index contributed by atoms with van der Waals surface area (Å²) < 4.78 is 40.5. The summed E-state index contributed by atoms with van der Waals surface area (Å²) in [6.45, 7) is 0.492. The van der Waals surface area contributed by atoms with Crippen molar-refractivity contribution in [2.75, 3.05) is 12.4 Å². The quantitative estimate of drug-likeness (QED) is 0.166. The van der Waals surface area contributed by atoms with Gasteiger partial charge >= 0.3 is 35.6 Å². The van der Waals surface area contributed by atoms with Crippen molar-refractivity contribution >= 4 is 10.1 Å². The molecule has 0 aliphatic carbocycles. The van der Waals surface area contributed by atoms with Crippen LogP contribution in [-0.4, -0.2) is 34.9 Å². The van der Waals surface area contributed by atoms with Crippen LogP contribution >= 0.6 is 0 Å². The molecular weight excluding hydrogens is 483 g/mol. The van der Waals surface area contributed by atoms with Gasteiger partial charge in [0.1, 0.15) is 5.69 Å². The number of para-hydroxylation sites is 1. The van der Waals surface area contributed by atoms with Crippen LogP contribution in [0.25, 0.3) is 28.2 Å². The van der Waals surface area contributed by atoms with Gasteiger partial charge in [-0.3, -0.25) is 4.57 Å². The molecule has 3 aromatic carbocycles. The summed E-state index contributed by atoms with van der Waals surface area (Å²) in [5.41, 5.74) is 4.85. The summed E-state index contributed by atoms with van der Waals surface area (Å²) in [5.74, 6) is -0.289. The average molecular weight is 513 g/mol. The van der Waals surface area contributed by atoms with Gasteiger partial charge < -0.3 is 9.29 Å². The van der Waals surface area contributed by atoms with Crippen molar-refractivity contribution in [3.8, 4) is 34.2 Å². The maximum atomic E-state index is 10.7. The Hall–Kier alpha value is -2.42. The maximum Gasteiger partial charge on any atom is 1.00 e. The first-order chi connectivity index (χ1) is 17.0. The van der Waals surface area contributed by atoms with Crippen molar-refractivity contribution in [3.05, 3.63) is 91.0 Å². The molecule has 1 heterocycles. The van der Waals surface area contributed by atoms with Gasteiger partial charge in [-0.15, -0.1) is 0 Å². The molecule has 0 atom stereocenters. The Morgan fingerprint density at radius 2 is 1.25 bits per heavy atom. The third kappa shape index (κ3) is 7.79. The Kier molecular flexibility index (Phi) is 10.8. The summed E-state index contributed by atoms with van der Waals surface area (Å²) >= 11 is 0. The second-order valence-corrected chi connectivity index (χ2v) is 9.90. The normalized spacial score (nSPS) is 11.1. The maximum absolute atomic E-state index is 10.7. The summed E-state index contributed by atoms with van der Waals surface area (Å²) in [7, 11) is -4.12. The van der Waals surface area contributed by atoms with Crippen LogP contribution in [0.2, 0.25) is 0 Å². The molecule has 182 valence electrons. The molecule has 0 aliphatic rings. The molecule has 1 aromatic heterocycles. The molecule has 8 heteroatoms. The Morgan fingerprint density at radius 3 is 1.86 bits per heavy atom. The Bertz CT molecular complexity index is 1310. The fourth-order valence-electron chi connectivity index (χ4n) is 4.05. The number of hydrogen-bond donors (Lipinski definition) is 0. The van der Waals surface area contributed by atoms with Crippen molar-refractivity contribution in [2.24, 2.45) is 0 Å². The van der Waals surface area contributed by atoms with Crippen LogP contribution in [0.4, 0.5) is 0 Å². The van der Waals surface area contributed by atoms with Crippen LogP contribution < -0.4 is 34.3 Å². The fourth-order valence-corrected chi connectivity index (χ4v) is 4.61. The van der Waals surface area contributed by atoms with Gasteiger partial charge in [0.05, 0.1) is 28.1 Å². The van der Waals surface area contributed by atoms with E-state index >= 15 is 0 Å². The second-order valence-electron chi connectivity index (χ2n) is 8.37. The zero-order valence-electron chi connectivity index (χ0n) is 20.5. The van der Waals surface area contributed by atoms with Gasteiger partial charge in [-0.2, -0.15) is 4.98 Å². The van der Waals surface area contributed by atoms with E-state index in [1.165, 1.54) is 0 Å². The molecule has 4 rings (SSSR count). The van der Waals surface area contributed by atoms with Gasteiger partial charge in [0.2, 0.25) is 0 Å². The zero-order valence-corrected chi connectivity index (χ0v) is 23.4. The number of aromatic nitrogens is 2. The molecule has 0 N–H and O–H groups in total. The summed E-state index contributed by atoms with van der Waals surface area (Å²) in [6.07, 6.45) is 3.69. The first kappa shape index (κ1) is 28.2. The number of nitrogens with zero attached hydrogens (tertiary/aromatic N) is 2. The third-order valence-electron chi connectivity index (χ3n) is 5.73. The topological polar surface area (TPSA) is 84.2 Å². The predicted molar refractivity (Wildman–Crippen MR) is 138 cm³/mol. The van der Waals surface area contributed by atoms with Gasteiger partial charge in [0.15, 0.2) is 0 Å². The summed E-state index contributed by atoms with van der Waals surface area (Å²) in [6, 6.07) is 30.9. The van der Waals surface area contributed by atoms with Gasteiger partial charge in [-0.25, -0.2) is 8.42 Å². The van der Waals surface area contributed by atoms with E-state index in [-0.39, 0.29) is 35.3 Å². The van der Waals surface area contributed by atoms with Crippen LogP contribution in [0.1, 0.15) is 32.1 Å².